The first-order chi connectivity index (χ1) is 13.0. The summed E-state index contributed by atoms with van der Waals surface area (Å²) in [5.74, 6) is -0.621. The Labute approximate surface area is 161 Å². The highest BCUT2D eigenvalue weighted by atomic mass is 32.1. The largest absolute Gasteiger partial charge is 0.378 e. The number of nitrogens with zero attached hydrogens (tertiary/aromatic N) is 3. The number of hydrogen-bond acceptors (Lipinski definition) is 6. The van der Waals surface area contributed by atoms with Gasteiger partial charge in [-0.2, -0.15) is 4.37 Å². The molecule has 1 fully saturated rings. The van der Waals surface area contributed by atoms with E-state index >= 15 is 0 Å². The van der Waals surface area contributed by atoms with Gasteiger partial charge in [-0.1, -0.05) is 6.07 Å². The van der Waals surface area contributed by atoms with Crippen LogP contribution in [-0.2, 0) is 4.79 Å². The van der Waals surface area contributed by atoms with Gasteiger partial charge in [0.05, 0.1) is 17.8 Å². The van der Waals surface area contributed by atoms with Crippen LogP contribution in [0, 0.1) is 12.7 Å². The molecule has 0 atom stereocenters. The molecule has 1 aliphatic rings. The van der Waals surface area contributed by atoms with Crippen LogP contribution in [0.1, 0.15) is 16.1 Å². The van der Waals surface area contributed by atoms with Gasteiger partial charge in [-0.05, 0) is 36.7 Å². The van der Waals surface area contributed by atoms with Crippen LogP contribution >= 0.6 is 11.5 Å². The fourth-order valence-corrected chi connectivity index (χ4v) is 3.77. The van der Waals surface area contributed by atoms with Crippen molar-refractivity contribution in [3.63, 3.8) is 0 Å². The van der Waals surface area contributed by atoms with Crippen LogP contribution in [0.25, 0.3) is 0 Å². The van der Waals surface area contributed by atoms with Crippen molar-refractivity contribution in [2.24, 2.45) is 0 Å². The molecule has 0 spiro atoms. The molecule has 1 aromatic heterocycles. The van der Waals surface area contributed by atoms with Crippen LogP contribution in [0.15, 0.2) is 24.3 Å². The predicted molar refractivity (Wildman–Crippen MR) is 104 cm³/mol. The maximum absolute atomic E-state index is 13.2. The summed E-state index contributed by atoms with van der Waals surface area (Å²) in [6, 6.07) is 5.81. The van der Waals surface area contributed by atoms with Gasteiger partial charge in [-0.15, -0.1) is 0 Å². The standard InChI is InChI=1S/C18H22FN5O2S/c1-12-16(17(20-2)27-22-12)18(26)24-8-6-23(7-9-24)11-15(25)21-14-5-3-4-13(19)10-14/h3-5,10,20H,6-9,11H2,1-2H3,(H,21,25). The molecule has 0 saturated carbocycles. The molecule has 27 heavy (non-hydrogen) atoms. The Bertz CT molecular complexity index is 833. The van der Waals surface area contributed by atoms with Crippen molar-refractivity contribution < 1.29 is 14.0 Å². The Hall–Kier alpha value is -2.52. The van der Waals surface area contributed by atoms with Gasteiger partial charge in [-0.3, -0.25) is 14.5 Å². The average Bonchev–Trinajstić information content (AvgIpc) is 3.02. The SMILES string of the molecule is CNc1snc(C)c1C(=O)N1CCN(CC(=O)Nc2cccc(F)c2)CC1. The number of carbonyl (C=O) groups is 2. The van der Waals surface area contributed by atoms with Crippen LogP contribution in [0.2, 0.25) is 0 Å². The monoisotopic (exact) mass is 391 g/mol. The minimum absolute atomic E-state index is 0.0329. The third kappa shape index (κ3) is 4.61. The van der Waals surface area contributed by atoms with E-state index in [0.29, 0.717) is 37.4 Å². The summed E-state index contributed by atoms with van der Waals surface area (Å²) >= 11 is 1.28. The number of aryl methyl sites for hydroxylation is 1. The topological polar surface area (TPSA) is 77.6 Å². The Morgan fingerprint density at radius 2 is 2.00 bits per heavy atom. The molecule has 2 heterocycles. The Kier molecular flexibility index (Phi) is 6.02. The van der Waals surface area contributed by atoms with Crippen molar-refractivity contribution in [3.05, 3.63) is 41.3 Å². The second kappa shape index (κ2) is 8.45. The first-order valence-electron chi connectivity index (χ1n) is 8.69. The zero-order valence-corrected chi connectivity index (χ0v) is 16.1. The summed E-state index contributed by atoms with van der Waals surface area (Å²) < 4.78 is 17.4. The molecule has 9 heteroatoms. The van der Waals surface area contributed by atoms with Gasteiger partial charge in [0, 0.05) is 38.9 Å². The van der Waals surface area contributed by atoms with Crippen molar-refractivity contribution in [3.8, 4) is 0 Å². The molecule has 2 aromatic rings. The van der Waals surface area contributed by atoms with E-state index in [1.165, 1.54) is 23.7 Å². The van der Waals surface area contributed by atoms with Crippen LogP contribution in [0.5, 0.6) is 0 Å². The van der Waals surface area contributed by atoms with Gasteiger partial charge >= 0.3 is 0 Å². The second-order valence-electron chi connectivity index (χ2n) is 6.35. The molecule has 3 rings (SSSR count). The first kappa shape index (κ1) is 19.2. The zero-order chi connectivity index (χ0) is 19.4. The van der Waals surface area contributed by atoms with Gasteiger partial charge in [0.25, 0.3) is 5.91 Å². The number of rotatable bonds is 5. The molecular weight excluding hydrogens is 369 g/mol. The Morgan fingerprint density at radius 1 is 1.26 bits per heavy atom. The summed E-state index contributed by atoms with van der Waals surface area (Å²) in [4.78, 5) is 28.7. The average molecular weight is 391 g/mol. The summed E-state index contributed by atoms with van der Waals surface area (Å²) in [7, 11) is 1.78. The number of aromatic nitrogens is 1. The van der Waals surface area contributed by atoms with Crippen molar-refractivity contribution in [2.75, 3.05) is 50.4 Å². The molecule has 2 N–H and O–H groups in total. The zero-order valence-electron chi connectivity index (χ0n) is 15.3. The molecular formula is C18H22FN5O2S. The van der Waals surface area contributed by atoms with E-state index in [2.05, 4.69) is 15.0 Å². The molecule has 1 aliphatic heterocycles. The lowest BCUT2D eigenvalue weighted by Gasteiger charge is -2.34. The van der Waals surface area contributed by atoms with E-state index in [1.54, 1.807) is 24.1 Å². The molecule has 7 nitrogen and oxygen atoms in total. The number of benzene rings is 1. The summed E-state index contributed by atoms with van der Waals surface area (Å²) in [6.45, 7) is 4.34. The number of hydrogen-bond donors (Lipinski definition) is 2. The first-order valence-corrected chi connectivity index (χ1v) is 9.46. The highest BCUT2D eigenvalue weighted by Crippen LogP contribution is 2.25. The van der Waals surface area contributed by atoms with Gasteiger partial charge in [0.15, 0.2) is 0 Å². The Balaban J connectivity index is 1.52. The van der Waals surface area contributed by atoms with Crippen LogP contribution in [0.3, 0.4) is 0 Å². The molecule has 0 unspecified atom stereocenters. The van der Waals surface area contributed by atoms with Crippen LogP contribution in [-0.4, -0.2) is 65.8 Å². The fraction of sp³-hybridized carbons (Fsp3) is 0.389. The fourth-order valence-electron chi connectivity index (χ4n) is 3.03. The number of halogens is 1. The van der Waals surface area contributed by atoms with Gasteiger partial charge in [-0.25, -0.2) is 4.39 Å². The Morgan fingerprint density at radius 3 is 2.67 bits per heavy atom. The summed E-state index contributed by atoms with van der Waals surface area (Å²) in [5, 5.41) is 6.48. The molecule has 0 radical (unpaired) electrons. The van der Waals surface area contributed by atoms with Gasteiger partial charge < -0.3 is 15.5 Å². The lowest BCUT2D eigenvalue weighted by molar-refractivity contribution is -0.117. The van der Waals surface area contributed by atoms with E-state index < -0.39 is 0 Å². The number of carbonyl (C=O) groups excluding carboxylic acids is 2. The second-order valence-corrected chi connectivity index (χ2v) is 7.12. The van der Waals surface area contributed by atoms with Crippen LogP contribution < -0.4 is 10.6 Å². The normalized spacial score (nSPS) is 14.9. The number of anilines is 2. The molecule has 0 bridgehead atoms. The van der Waals surface area contributed by atoms with E-state index in [9.17, 15) is 14.0 Å². The summed E-state index contributed by atoms with van der Waals surface area (Å²) in [6.07, 6.45) is 0. The van der Waals surface area contributed by atoms with Gasteiger partial charge in [0.1, 0.15) is 10.8 Å². The maximum Gasteiger partial charge on any atom is 0.258 e. The van der Waals surface area contributed by atoms with E-state index in [0.717, 1.165) is 10.7 Å². The molecule has 1 saturated heterocycles. The lowest BCUT2D eigenvalue weighted by atomic mass is 10.2. The van der Waals surface area contributed by atoms with E-state index in [1.807, 2.05) is 11.8 Å². The third-order valence-electron chi connectivity index (χ3n) is 4.44. The molecule has 1 aromatic carbocycles. The number of amides is 2. The third-order valence-corrected chi connectivity index (χ3v) is 5.39. The van der Waals surface area contributed by atoms with Crippen molar-refractivity contribution in [2.45, 2.75) is 6.92 Å². The van der Waals surface area contributed by atoms with Crippen molar-refractivity contribution in [1.29, 1.82) is 0 Å². The quantitative estimate of drug-likeness (QED) is 0.816. The highest BCUT2D eigenvalue weighted by molar-refractivity contribution is 7.10. The smallest absolute Gasteiger partial charge is 0.258 e. The molecule has 2 amide bonds. The number of nitrogens with one attached hydrogen (secondary N) is 2. The van der Waals surface area contributed by atoms with Crippen LogP contribution in [0.4, 0.5) is 15.1 Å². The summed E-state index contributed by atoms with van der Waals surface area (Å²) in [5.41, 5.74) is 1.79. The molecule has 144 valence electrons. The minimum Gasteiger partial charge on any atom is -0.378 e. The van der Waals surface area contributed by atoms with E-state index in [-0.39, 0.29) is 24.2 Å². The maximum atomic E-state index is 13.2. The number of piperazine rings is 1. The van der Waals surface area contributed by atoms with E-state index in [4.69, 9.17) is 0 Å². The van der Waals surface area contributed by atoms with Crippen molar-refractivity contribution >= 4 is 34.0 Å². The predicted octanol–water partition coefficient (Wildman–Crippen LogP) is 2.03. The minimum atomic E-state index is -0.390. The molecule has 0 aliphatic carbocycles. The lowest BCUT2D eigenvalue weighted by Crippen LogP contribution is -2.50. The van der Waals surface area contributed by atoms with Gasteiger partial charge in [0.2, 0.25) is 5.91 Å². The highest BCUT2D eigenvalue weighted by Gasteiger charge is 2.27. The van der Waals surface area contributed by atoms with Crippen molar-refractivity contribution in [1.82, 2.24) is 14.2 Å².